The normalized spacial score (nSPS) is 17.5. The second-order valence-electron chi connectivity index (χ2n) is 6.58. The van der Waals surface area contributed by atoms with Gasteiger partial charge in [-0.1, -0.05) is 19.0 Å². The van der Waals surface area contributed by atoms with E-state index in [0.717, 1.165) is 42.0 Å². The van der Waals surface area contributed by atoms with Crippen molar-refractivity contribution in [2.45, 2.75) is 38.7 Å². The Labute approximate surface area is 144 Å². The van der Waals surface area contributed by atoms with Gasteiger partial charge >= 0.3 is 0 Å². The summed E-state index contributed by atoms with van der Waals surface area (Å²) in [5.74, 6) is 0.932. The molecule has 1 fully saturated rings. The molecular weight excluding hydrogens is 320 g/mol. The van der Waals surface area contributed by atoms with Crippen molar-refractivity contribution in [1.82, 2.24) is 15.1 Å². The van der Waals surface area contributed by atoms with Gasteiger partial charge in [0, 0.05) is 18.4 Å². The zero-order chi connectivity index (χ0) is 17.4. The number of rotatable bonds is 4. The molecule has 25 heavy (non-hydrogen) atoms. The number of carbonyl (C=O) groups is 1. The molecule has 0 radical (unpaired) electrons. The second-order valence-corrected chi connectivity index (χ2v) is 6.58. The zero-order valence-corrected chi connectivity index (χ0v) is 14.2. The number of aromatic amines is 1. The summed E-state index contributed by atoms with van der Waals surface area (Å²) in [6.07, 6.45) is 2.07. The van der Waals surface area contributed by atoms with Crippen LogP contribution in [-0.2, 0) is 4.74 Å². The first-order valence-electron chi connectivity index (χ1n) is 8.49. The standard InChI is InChI=1S/C18H20N4O3/c1-10(2)13-9-16(25-22-13)18(23)19-11-5-6-12-14(8-11)21-17(20-12)15-4-3-7-24-15/h5-6,8-10,15H,3-4,7H2,1-2H3,(H,19,23)(H,20,21)/t15-/m1/s1. The molecule has 2 N–H and O–H groups in total. The van der Waals surface area contributed by atoms with E-state index in [-0.39, 0.29) is 23.7 Å². The van der Waals surface area contributed by atoms with Crippen LogP contribution in [0.1, 0.15) is 60.8 Å². The van der Waals surface area contributed by atoms with Crippen molar-refractivity contribution in [1.29, 1.82) is 0 Å². The van der Waals surface area contributed by atoms with E-state index in [0.29, 0.717) is 5.69 Å². The number of nitrogens with one attached hydrogen (secondary N) is 2. The Morgan fingerprint density at radius 1 is 1.36 bits per heavy atom. The first-order valence-corrected chi connectivity index (χ1v) is 8.49. The lowest BCUT2D eigenvalue weighted by Crippen LogP contribution is -2.10. The SMILES string of the molecule is CC(C)c1cc(C(=O)Nc2ccc3nc([C@H]4CCCO4)[nH]c3c2)on1. The van der Waals surface area contributed by atoms with Crippen LogP contribution in [0.15, 0.2) is 28.8 Å². The molecule has 1 aliphatic heterocycles. The number of H-pyrrole nitrogens is 1. The molecule has 1 aliphatic rings. The number of ether oxygens (including phenoxy) is 1. The molecule has 0 saturated carbocycles. The van der Waals surface area contributed by atoms with Gasteiger partial charge in [-0.05, 0) is 37.0 Å². The van der Waals surface area contributed by atoms with Crippen molar-refractivity contribution in [2.75, 3.05) is 11.9 Å². The Morgan fingerprint density at radius 2 is 2.24 bits per heavy atom. The largest absolute Gasteiger partial charge is 0.370 e. The molecule has 3 aromatic rings. The van der Waals surface area contributed by atoms with Gasteiger partial charge in [-0.25, -0.2) is 4.98 Å². The third-order valence-corrected chi connectivity index (χ3v) is 4.34. The summed E-state index contributed by atoms with van der Waals surface area (Å²) in [5, 5.41) is 6.74. The topological polar surface area (TPSA) is 93.0 Å². The quantitative estimate of drug-likeness (QED) is 0.754. The second kappa shape index (κ2) is 6.33. The third-order valence-electron chi connectivity index (χ3n) is 4.34. The first kappa shape index (κ1) is 15.8. The van der Waals surface area contributed by atoms with Crippen LogP contribution < -0.4 is 5.32 Å². The number of aromatic nitrogens is 3. The van der Waals surface area contributed by atoms with Crippen molar-refractivity contribution in [2.24, 2.45) is 0 Å². The Kier molecular flexibility index (Phi) is 4.01. The number of nitrogens with zero attached hydrogens (tertiary/aromatic N) is 2. The van der Waals surface area contributed by atoms with E-state index in [2.05, 4.69) is 20.4 Å². The highest BCUT2D eigenvalue weighted by Crippen LogP contribution is 2.28. The minimum absolute atomic E-state index is 0.0362. The molecule has 0 spiro atoms. The molecule has 7 nitrogen and oxygen atoms in total. The average Bonchev–Trinajstić information content (AvgIpc) is 3.33. The van der Waals surface area contributed by atoms with E-state index >= 15 is 0 Å². The van der Waals surface area contributed by atoms with E-state index in [4.69, 9.17) is 9.26 Å². The van der Waals surface area contributed by atoms with Crippen LogP contribution in [0.3, 0.4) is 0 Å². The molecular formula is C18H20N4O3. The highest BCUT2D eigenvalue weighted by Gasteiger charge is 2.21. The smallest absolute Gasteiger partial charge is 0.294 e. The van der Waals surface area contributed by atoms with E-state index in [1.165, 1.54) is 0 Å². The van der Waals surface area contributed by atoms with Gasteiger partial charge in [0.1, 0.15) is 11.9 Å². The molecule has 1 atom stereocenters. The minimum Gasteiger partial charge on any atom is -0.370 e. The van der Waals surface area contributed by atoms with E-state index in [1.54, 1.807) is 6.07 Å². The molecule has 130 valence electrons. The summed E-state index contributed by atoms with van der Waals surface area (Å²) < 4.78 is 10.8. The highest BCUT2D eigenvalue weighted by molar-refractivity contribution is 6.03. The monoisotopic (exact) mass is 340 g/mol. The van der Waals surface area contributed by atoms with Crippen LogP contribution in [0.25, 0.3) is 11.0 Å². The van der Waals surface area contributed by atoms with Crippen molar-refractivity contribution in [3.63, 3.8) is 0 Å². The summed E-state index contributed by atoms with van der Waals surface area (Å²) in [7, 11) is 0. The van der Waals surface area contributed by atoms with Gasteiger partial charge < -0.3 is 19.6 Å². The zero-order valence-electron chi connectivity index (χ0n) is 14.2. The summed E-state index contributed by atoms with van der Waals surface area (Å²) >= 11 is 0. The minimum atomic E-state index is -0.322. The summed E-state index contributed by atoms with van der Waals surface area (Å²) in [6, 6.07) is 7.22. The lowest BCUT2D eigenvalue weighted by atomic mass is 10.1. The summed E-state index contributed by atoms with van der Waals surface area (Å²) in [6.45, 7) is 4.77. The molecule has 0 aliphatic carbocycles. The van der Waals surface area contributed by atoms with Crippen LogP contribution in [0.4, 0.5) is 5.69 Å². The Hall–Kier alpha value is -2.67. The highest BCUT2D eigenvalue weighted by atomic mass is 16.5. The van der Waals surface area contributed by atoms with Gasteiger partial charge in [-0.2, -0.15) is 0 Å². The fourth-order valence-corrected chi connectivity index (χ4v) is 2.91. The molecule has 2 aromatic heterocycles. The maximum atomic E-state index is 12.3. The fraction of sp³-hybridized carbons (Fsp3) is 0.389. The summed E-state index contributed by atoms with van der Waals surface area (Å²) in [4.78, 5) is 20.2. The lowest BCUT2D eigenvalue weighted by molar-refractivity contribution is 0.0987. The Morgan fingerprint density at radius 3 is 2.96 bits per heavy atom. The first-order chi connectivity index (χ1) is 12.1. The number of hydrogen-bond donors (Lipinski definition) is 2. The van der Waals surface area contributed by atoms with Crippen molar-refractivity contribution in [3.05, 3.63) is 41.5 Å². The van der Waals surface area contributed by atoms with Crippen LogP contribution in [0.5, 0.6) is 0 Å². The lowest BCUT2D eigenvalue weighted by Gasteiger charge is -2.03. The van der Waals surface area contributed by atoms with E-state index < -0.39 is 0 Å². The van der Waals surface area contributed by atoms with Crippen molar-refractivity contribution < 1.29 is 14.1 Å². The number of carbonyl (C=O) groups excluding carboxylic acids is 1. The number of benzene rings is 1. The van der Waals surface area contributed by atoms with Crippen LogP contribution in [0, 0.1) is 0 Å². The Balaban J connectivity index is 1.53. The van der Waals surface area contributed by atoms with Gasteiger partial charge in [-0.15, -0.1) is 0 Å². The van der Waals surface area contributed by atoms with Crippen LogP contribution in [-0.4, -0.2) is 27.6 Å². The van der Waals surface area contributed by atoms with Gasteiger partial charge in [0.05, 0.1) is 16.7 Å². The predicted octanol–water partition coefficient (Wildman–Crippen LogP) is 3.78. The number of hydrogen-bond acceptors (Lipinski definition) is 5. The molecule has 7 heteroatoms. The van der Waals surface area contributed by atoms with Gasteiger partial charge in [-0.3, -0.25) is 4.79 Å². The molecule has 1 saturated heterocycles. The average molecular weight is 340 g/mol. The number of anilines is 1. The molecule has 1 aromatic carbocycles. The molecule has 1 amide bonds. The molecule has 0 unspecified atom stereocenters. The number of imidazole rings is 1. The molecule has 0 bridgehead atoms. The van der Waals surface area contributed by atoms with Crippen molar-refractivity contribution >= 4 is 22.6 Å². The fourth-order valence-electron chi connectivity index (χ4n) is 2.91. The summed E-state index contributed by atoms with van der Waals surface area (Å²) in [5.41, 5.74) is 3.15. The predicted molar refractivity (Wildman–Crippen MR) is 92.6 cm³/mol. The van der Waals surface area contributed by atoms with Gasteiger partial charge in [0.25, 0.3) is 5.91 Å². The number of fused-ring (bicyclic) bond motifs is 1. The van der Waals surface area contributed by atoms with Crippen LogP contribution in [0.2, 0.25) is 0 Å². The van der Waals surface area contributed by atoms with Gasteiger partial charge in [0.15, 0.2) is 0 Å². The number of amides is 1. The molecule has 4 rings (SSSR count). The maximum Gasteiger partial charge on any atom is 0.294 e. The van der Waals surface area contributed by atoms with Crippen molar-refractivity contribution in [3.8, 4) is 0 Å². The Bertz CT molecular complexity index is 906. The van der Waals surface area contributed by atoms with E-state index in [1.807, 2.05) is 32.0 Å². The molecule has 3 heterocycles. The van der Waals surface area contributed by atoms with Crippen LogP contribution >= 0.6 is 0 Å². The maximum absolute atomic E-state index is 12.3. The third kappa shape index (κ3) is 3.15. The van der Waals surface area contributed by atoms with E-state index in [9.17, 15) is 4.79 Å². The van der Waals surface area contributed by atoms with Gasteiger partial charge in [0.2, 0.25) is 5.76 Å².